The van der Waals surface area contributed by atoms with Crippen LogP contribution in [0.3, 0.4) is 0 Å². The minimum Gasteiger partial charge on any atom is -0.480 e. The van der Waals surface area contributed by atoms with Crippen molar-refractivity contribution in [1.29, 1.82) is 0 Å². The second kappa shape index (κ2) is 10.1. The van der Waals surface area contributed by atoms with Crippen LogP contribution in [-0.2, 0) is 20.9 Å². The summed E-state index contributed by atoms with van der Waals surface area (Å²) in [5, 5.41) is 11.8. The number of likely N-dealkylation sites (N-methyl/N-ethyl adjacent to an activating group) is 1. The van der Waals surface area contributed by atoms with Gasteiger partial charge in [-0.2, -0.15) is 9.97 Å². The molecule has 6 N–H and O–H groups in total. The number of amides is 1. The Kier molecular flexibility index (Phi) is 7.28. The molecule has 3 rings (SSSR count). The summed E-state index contributed by atoms with van der Waals surface area (Å²) >= 11 is 0. The molecule has 0 aromatic carbocycles. The fourth-order valence-electron chi connectivity index (χ4n) is 3.38. The zero-order chi connectivity index (χ0) is 24.1. The fourth-order valence-corrected chi connectivity index (χ4v) is 3.38. The summed E-state index contributed by atoms with van der Waals surface area (Å²) in [4.78, 5) is 53.6. The van der Waals surface area contributed by atoms with Gasteiger partial charge in [-0.3, -0.25) is 9.69 Å². The summed E-state index contributed by atoms with van der Waals surface area (Å²) in [7, 11) is 1.91. The number of aliphatic carboxylic acids is 1. The van der Waals surface area contributed by atoms with Gasteiger partial charge in [0.1, 0.15) is 11.8 Å². The van der Waals surface area contributed by atoms with E-state index in [-0.39, 0.29) is 36.4 Å². The molecule has 12 heteroatoms. The van der Waals surface area contributed by atoms with Crippen molar-refractivity contribution >= 4 is 40.6 Å². The molecule has 0 fully saturated rings. The Hall–Kier alpha value is -3.93. The van der Waals surface area contributed by atoms with Crippen molar-refractivity contribution in [1.82, 2.24) is 30.2 Å². The normalized spacial score (nSPS) is 16.5. The van der Waals surface area contributed by atoms with Crippen LogP contribution in [0.5, 0.6) is 0 Å². The van der Waals surface area contributed by atoms with Crippen molar-refractivity contribution < 1.29 is 19.5 Å². The number of aromatic nitrogens is 4. The Morgan fingerprint density at radius 2 is 2.03 bits per heavy atom. The van der Waals surface area contributed by atoms with E-state index in [4.69, 9.17) is 11.5 Å². The van der Waals surface area contributed by atoms with Crippen LogP contribution >= 0.6 is 0 Å². The third-order valence-electron chi connectivity index (χ3n) is 5.21. The monoisotopic (exact) mass is 460 g/mol. The van der Waals surface area contributed by atoms with E-state index in [2.05, 4.69) is 25.3 Å². The van der Waals surface area contributed by atoms with Gasteiger partial charge in [-0.05, 0) is 26.8 Å². The first kappa shape index (κ1) is 23.7. The lowest BCUT2D eigenvalue weighted by atomic mass is 10.1. The van der Waals surface area contributed by atoms with Crippen molar-refractivity contribution in [2.24, 2.45) is 0 Å². The summed E-state index contributed by atoms with van der Waals surface area (Å²) in [6.45, 7) is 1.84. The molecule has 1 unspecified atom stereocenters. The molecule has 0 radical (unpaired) electrons. The lowest BCUT2D eigenvalue weighted by Gasteiger charge is -2.26. The highest BCUT2D eigenvalue weighted by atomic mass is 16.4. The van der Waals surface area contributed by atoms with Gasteiger partial charge in [-0.25, -0.2) is 14.8 Å². The molecule has 0 saturated heterocycles. The van der Waals surface area contributed by atoms with Crippen molar-refractivity contribution in [2.75, 3.05) is 18.5 Å². The lowest BCUT2D eigenvalue weighted by Crippen LogP contribution is -2.42. The van der Waals surface area contributed by atoms with Crippen LogP contribution in [0.1, 0.15) is 31.9 Å². The maximum Gasteiger partial charge on any atom is 0.326 e. The van der Waals surface area contributed by atoms with Gasteiger partial charge >= 0.3 is 5.97 Å². The number of carbonyl (C=O) groups excluding carboxylic acids is 2. The molecule has 33 heavy (non-hydrogen) atoms. The molecule has 174 valence electrons. The van der Waals surface area contributed by atoms with E-state index in [0.29, 0.717) is 35.4 Å². The van der Waals surface area contributed by atoms with Gasteiger partial charge in [0.05, 0.1) is 11.9 Å². The zero-order valence-corrected chi connectivity index (χ0v) is 18.4. The molecular weight excluding hydrogens is 434 g/mol. The number of nitrogens with two attached hydrogens (primary N) is 2. The van der Waals surface area contributed by atoms with Gasteiger partial charge in [-0.15, -0.1) is 0 Å². The number of nitrogen functional groups attached to an aromatic ring is 2. The van der Waals surface area contributed by atoms with Crippen molar-refractivity contribution in [2.45, 2.75) is 44.8 Å². The van der Waals surface area contributed by atoms with Crippen LogP contribution in [0.2, 0.25) is 0 Å². The number of carboxylic acids is 1. The first-order valence-corrected chi connectivity index (χ1v) is 10.3. The van der Waals surface area contributed by atoms with E-state index in [1.807, 2.05) is 18.0 Å². The second-order valence-corrected chi connectivity index (χ2v) is 7.84. The quantitative estimate of drug-likeness (QED) is 0.374. The van der Waals surface area contributed by atoms with Crippen molar-refractivity contribution in [3.63, 3.8) is 0 Å². The fraction of sp³-hybridized carbons (Fsp3) is 0.381. The van der Waals surface area contributed by atoms with Crippen molar-refractivity contribution in [3.8, 4) is 0 Å². The maximum atomic E-state index is 12.5. The standard InChI is InChI=1S/C21H26N8O4/c1-11(30)3-8-15(20(32)33)26-19(31)12-4-6-14(7-5-12)29(2)10-13-9-24-18-16(25-13)17(22)27-21(23)28-18/h4-6,9,14-15H,3,7-8,10H2,1-2H3,(H,26,31)(H,32,33)(H4,22,23,24,27,28)/t14?,15-/m0/s1/i4+1,5+1,6+1,7+1,12+1,14+1. The highest BCUT2D eigenvalue weighted by molar-refractivity contribution is 5.98. The van der Waals surface area contributed by atoms with Gasteiger partial charge in [-0.1, -0.05) is 18.2 Å². The Morgan fingerprint density at radius 3 is 2.67 bits per heavy atom. The largest absolute Gasteiger partial charge is 0.480 e. The Labute approximate surface area is 189 Å². The molecule has 12 nitrogen and oxygen atoms in total. The summed E-state index contributed by atoms with van der Waals surface area (Å²) in [5.74, 6) is -1.60. The predicted octanol–water partition coefficient (Wildman–Crippen LogP) is 0.210. The number of nitrogens with one attached hydrogen (secondary N) is 1. The minimum absolute atomic E-state index is 0.00737. The molecular formula is C21H26N8O4. The molecule has 1 aliphatic carbocycles. The zero-order valence-electron chi connectivity index (χ0n) is 18.4. The molecule has 1 aliphatic rings. The summed E-state index contributed by atoms with van der Waals surface area (Å²) < 4.78 is 0. The molecule has 2 atom stereocenters. The average molecular weight is 460 g/mol. The molecule has 0 bridgehead atoms. The number of anilines is 2. The van der Waals surface area contributed by atoms with E-state index in [1.54, 1.807) is 18.3 Å². The maximum absolute atomic E-state index is 12.5. The molecule has 2 aromatic heterocycles. The number of Topliss-reactive ketones (excluding diaryl/α,β-unsaturated/α-hetero) is 1. The third kappa shape index (κ3) is 6.07. The molecule has 2 aromatic rings. The van der Waals surface area contributed by atoms with Gasteiger partial charge in [0.25, 0.3) is 5.91 Å². The molecule has 1 amide bonds. The smallest absolute Gasteiger partial charge is 0.326 e. The molecule has 0 aliphatic heterocycles. The number of hydrogen-bond donors (Lipinski definition) is 4. The van der Waals surface area contributed by atoms with E-state index < -0.39 is 17.9 Å². The van der Waals surface area contributed by atoms with Crippen LogP contribution in [0.25, 0.3) is 11.2 Å². The van der Waals surface area contributed by atoms with Crippen LogP contribution in [0, 0.1) is 0 Å². The van der Waals surface area contributed by atoms with Gasteiger partial charge in [0.2, 0.25) is 5.95 Å². The summed E-state index contributed by atoms with van der Waals surface area (Å²) in [6.07, 6.45) is 7.55. The SMILES string of the molecule is CC(=O)CC[C@H](NC(=O)[13C]1=[13CH][13CH2][13CH](N(C)Cc2cnc3nc(N)nc(N)c3n2)[13CH]=[13CH]1)C(=O)O. The minimum atomic E-state index is -1.17. The van der Waals surface area contributed by atoms with Crippen LogP contribution in [0.4, 0.5) is 11.8 Å². The Balaban J connectivity index is 1.60. The van der Waals surface area contributed by atoms with E-state index in [9.17, 15) is 19.5 Å². The van der Waals surface area contributed by atoms with E-state index in [1.165, 1.54) is 6.92 Å². The van der Waals surface area contributed by atoms with Crippen LogP contribution in [0.15, 0.2) is 30.0 Å². The average Bonchev–Trinajstić information content (AvgIpc) is 2.76. The topological polar surface area (TPSA) is 190 Å². The predicted molar refractivity (Wildman–Crippen MR) is 121 cm³/mol. The number of ketones is 1. The highest BCUT2D eigenvalue weighted by Crippen LogP contribution is 2.19. The number of hydrogen-bond acceptors (Lipinski definition) is 10. The first-order chi connectivity index (χ1) is 15.6. The number of fused-ring (bicyclic) bond motifs is 1. The molecule has 2 heterocycles. The number of carbonyl (C=O) groups is 3. The van der Waals surface area contributed by atoms with E-state index >= 15 is 0 Å². The number of carboxylic acid groups (broad SMARTS) is 1. The first-order valence-electron chi connectivity index (χ1n) is 10.3. The summed E-state index contributed by atoms with van der Waals surface area (Å²) in [5.41, 5.74) is 13.2. The number of nitrogens with zero attached hydrogens (tertiary/aromatic N) is 5. The lowest BCUT2D eigenvalue weighted by molar-refractivity contribution is -0.141. The molecule has 0 saturated carbocycles. The Morgan fingerprint density at radius 1 is 1.27 bits per heavy atom. The van der Waals surface area contributed by atoms with Gasteiger partial charge in [0, 0.05) is 24.6 Å². The molecule has 0 spiro atoms. The second-order valence-electron chi connectivity index (χ2n) is 7.84. The summed E-state index contributed by atoms with van der Waals surface area (Å²) in [6, 6.07) is -1.12. The van der Waals surface area contributed by atoms with Gasteiger partial charge < -0.3 is 26.7 Å². The van der Waals surface area contributed by atoms with Gasteiger partial charge in [0.15, 0.2) is 17.0 Å². The van der Waals surface area contributed by atoms with Crippen LogP contribution < -0.4 is 16.8 Å². The van der Waals surface area contributed by atoms with Crippen LogP contribution in [-0.4, -0.2) is 66.7 Å². The third-order valence-corrected chi connectivity index (χ3v) is 5.21. The number of rotatable bonds is 9. The van der Waals surface area contributed by atoms with E-state index in [0.717, 1.165) is 0 Å². The van der Waals surface area contributed by atoms with Crippen molar-refractivity contribution in [3.05, 3.63) is 35.7 Å². The Bertz CT molecular complexity index is 1150. The highest BCUT2D eigenvalue weighted by Gasteiger charge is 2.23.